The summed E-state index contributed by atoms with van der Waals surface area (Å²) >= 11 is 0. The van der Waals surface area contributed by atoms with E-state index in [0.717, 1.165) is 141 Å². The van der Waals surface area contributed by atoms with Gasteiger partial charge < -0.3 is 14.2 Å². The average molecular weight is 1120 g/mol. The van der Waals surface area contributed by atoms with Gasteiger partial charge >= 0.3 is 17.9 Å². The molecule has 0 fully saturated rings. The maximum Gasteiger partial charge on any atom is 0.306 e. The summed E-state index contributed by atoms with van der Waals surface area (Å²) < 4.78 is 16.9. The van der Waals surface area contributed by atoms with E-state index in [2.05, 4.69) is 154 Å². The highest BCUT2D eigenvalue weighted by Gasteiger charge is 2.19. The second kappa shape index (κ2) is 68.1. The molecule has 6 heteroatoms. The maximum atomic E-state index is 12.9. The number of rotatable bonds is 60. The number of carbonyl (C=O) groups is 3. The summed E-state index contributed by atoms with van der Waals surface area (Å²) in [7, 11) is 0. The molecule has 6 nitrogen and oxygen atoms in total. The molecule has 0 spiro atoms. The van der Waals surface area contributed by atoms with E-state index in [-0.39, 0.29) is 31.1 Å². The van der Waals surface area contributed by atoms with Gasteiger partial charge in [0.15, 0.2) is 6.10 Å². The van der Waals surface area contributed by atoms with Crippen molar-refractivity contribution in [1.29, 1.82) is 0 Å². The zero-order valence-electron chi connectivity index (χ0n) is 52.8. The van der Waals surface area contributed by atoms with E-state index in [0.29, 0.717) is 19.3 Å². The Morgan fingerprint density at radius 3 is 0.790 bits per heavy atom. The van der Waals surface area contributed by atoms with E-state index in [1.165, 1.54) is 122 Å². The SMILES string of the molecule is CC/C=C\C/C=C\C/C=C\C/C=C\C/C=C\C/C=C\C/C=C\C/C=C\C/C=C\CCCCCCCCCC(=O)OCC(COC(=O)CCCCCCC/C=C\CCCCC)OC(=O)CCCCCCC/C=C\CCCCCCCCC. The second-order valence-electron chi connectivity index (χ2n) is 22.0. The predicted octanol–water partition coefficient (Wildman–Crippen LogP) is 23.3. The minimum absolute atomic E-state index is 0.0904. The third-order valence-electron chi connectivity index (χ3n) is 14.1. The molecule has 0 rings (SSSR count). The van der Waals surface area contributed by atoms with E-state index >= 15 is 0 Å². The minimum atomic E-state index is -0.794. The smallest absolute Gasteiger partial charge is 0.306 e. The Morgan fingerprint density at radius 1 is 0.259 bits per heavy atom. The fourth-order valence-electron chi connectivity index (χ4n) is 9.07. The molecular formula is C75H124O6. The molecule has 81 heavy (non-hydrogen) atoms. The zero-order valence-corrected chi connectivity index (χ0v) is 52.8. The Kier molecular flexibility index (Phi) is 64.3. The summed E-state index contributed by atoms with van der Waals surface area (Å²) in [4.78, 5) is 38.3. The van der Waals surface area contributed by atoms with Gasteiger partial charge in [0.2, 0.25) is 0 Å². The van der Waals surface area contributed by atoms with Crippen LogP contribution in [0.15, 0.2) is 134 Å². The quantitative estimate of drug-likeness (QED) is 0.0261. The third-order valence-corrected chi connectivity index (χ3v) is 14.1. The van der Waals surface area contributed by atoms with E-state index in [9.17, 15) is 14.4 Å². The monoisotopic (exact) mass is 1120 g/mol. The standard InChI is InChI=1S/C75H124O6/c1-4-7-10-13-16-19-22-25-27-29-30-31-32-33-34-35-36-37-38-39-40-41-42-43-44-45-46-47-49-50-53-56-59-62-65-68-74(77)80-71-72(70-79-73(76)67-64-61-58-55-52-24-21-18-15-12-9-6-3)81-75(78)69-66-63-60-57-54-51-48-28-26-23-20-17-14-11-8-5-2/h7,10,16,18-19,21,25,27-28,30-31,33-34,36-37,39-40,42-43,45-46,48,72H,4-6,8-9,11-15,17,20,22-24,26,29,32,35,38,41,44,47,49-71H2,1-3H3/b10-7-,19-16-,21-18-,27-25-,31-30-,34-33-,37-36-,40-39-,43-42-,46-45-,48-28-. The summed E-state index contributed by atoms with van der Waals surface area (Å²) in [6, 6.07) is 0. The van der Waals surface area contributed by atoms with Gasteiger partial charge in [-0.3, -0.25) is 14.4 Å². The van der Waals surface area contributed by atoms with Crippen LogP contribution in [0.2, 0.25) is 0 Å². The van der Waals surface area contributed by atoms with Crippen molar-refractivity contribution in [3.05, 3.63) is 134 Å². The lowest BCUT2D eigenvalue weighted by Crippen LogP contribution is -2.30. The van der Waals surface area contributed by atoms with Crippen LogP contribution in [0.5, 0.6) is 0 Å². The molecule has 0 heterocycles. The Morgan fingerprint density at radius 2 is 0.481 bits per heavy atom. The van der Waals surface area contributed by atoms with E-state index < -0.39 is 6.10 Å². The van der Waals surface area contributed by atoms with Gasteiger partial charge in [0, 0.05) is 19.3 Å². The van der Waals surface area contributed by atoms with E-state index in [1.54, 1.807) is 0 Å². The van der Waals surface area contributed by atoms with Crippen LogP contribution in [0, 0.1) is 0 Å². The van der Waals surface area contributed by atoms with Crippen molar-refractivity contribution in [2.75, 3.05) is 13.2 Å². The number of unbranched alkanes of at least 4 members (excludes halogenated alkanes) is 27. The summed E-state index contributed by atoms with van der Waals surface area (Å²) in [6.07, 6.45) is 96.1. The Labute approximate surface area is 500 Å². The van der Waals surface area contributed by atoms with Gasteiger partial charge in [-0.05, 0) is 141 Å². The molecule has 0 radical (unpaired) electrons. The maximum absolute atomic E-state index is 12.9. The molecule has 0 aliphatic heterocycles. The van der Waals surface area contributed by atoms with Crippen molar-refractivity contribution in [3.63, 3.8) is 0 Å². The Hall–Kier alpha value is -4.45. The lowest BCUT2D eigenvalue weighted by atomic mass is 10.1. The fourth-order valence-corrected chi connectivity index (χ4v) is 9.07. The first-order valence-electron chi connectivity index (χ1n) is 33.7. The van der Waals surface area contributed by atoms with Gasteiger partial charge in [-0.2, -0.15) is 0 Å². The van der Waals surface area contributed by atoms with Crippen LogP contribution >= 0.6 is 0 Å². The van der Waals surface area contributed by atoms with Crippen LogP contribution in [0.1, 0.15) is 303 Å². The molecule has 0 aromatic heterocycles. The molecule has 0 saturated carbocycles. The molecular weight excluding hydrogens is 997 g/mol. The largest absolute Gasteiger partial charge is 0.462 e. The van der Waals surface area contributed by atoms with Gasteiger partial charge in [0.1, 0.15) is 13.2 Å². The zero-order chi connectivity index (χ0) is 58.5. The average Bonchev–Trinajstić information content (AvgIpc) is 3.47. The van der Waals surface area contributed by atoms with Crippen molar-refractivity contribution in [1.82, 2.24) is 0 Å². The van der Waals surface area contributed by atoms with Gasteiger partial charge in [-0.1, -0.05) is 276 Å². The second-order valence-corrected chi connectivity index (χ2v) is 22.0. The normalized spacial score (nSPS) is 13.0. The molecule has 460 valence electrons. The van der Waals surface area contributed by atoms with Crippen LogP contribution < -0.4 is 0 Å². The molecule has 0 aliphatic rings. The topological polar surface area (TPSA) is 78.9 Å². The van der Waals surface area contributed by atoms with Gasteiger partial charge in [0.05, 0.1) is 0 Å². The summed E-state index contributed by atoms with van der Waals surface area (Å²) in [5.74, 6) is -0.915. The fraction of sp³-hybridized carbons (Fsp3) is 0.667. The van der Waals surface area contributed by atoms with Crippen molar-refractivity contribution < 1.29 is 28.6 Å². The van der Waals surface area contributed by atoms with E-state index in [1.807, 2.05) is 0 Å². The molecule has 0 aliphatic carbocycles. The summed E-state index contributed by atoms with van der Waals surface area (Å²) in [6.45, 7) is 6.49. The van der Waals surface area contributed by atoms with Crippen molar-refractivity contribution >= 4 is 17.9 Å². The van der Waals surface area contributed by atoms with Crippen LogP contribution in [0.3, 0.4) is 0 Å². The predicted molar refractivity (Wildman–Crippen MR) is 353 cm³/mol. The summed E-state index contributed by atoms with van der Waals surface area (Å²) in [5, 5.41) is 0. The highest BCUT2D eigenvalue weighted by molar-refractivity contribution is 5.71. The Bertz CT molecular complexity index is 1720. The van der Waals surface area contributed by atoms with E-state index in [4.69, 9.17) is 14.2 Å². The molecule has 0 aromatic carbocycles. The lowest BCUT2D eigenvalue weighted by Gasteiger charge is -2.18. The molecule has 0 bridgehead atoms. The van der Waals surface area contributed by atoms with Crippen LogP contribution in [-0.4, -0.2) is 37.2 Å². The molecule has 0 saturated heterocycles. The highest BCUT2D eigenvalue weighted by atomic mass is 16.6. The van der Waals surface area contributed by atoms with Crippen LogP contribution in [-0.2, 0) is 28.6 Å². The first-order valence-corrected chi connectivity index (χ1v) is 33.7. The molecule has 1 unspecified atom stereocenters. The molecule has 0 aromatic rings. The molecule has 0 N–H and O–H groups in total. The van der Waals surface area contributed by atoms with Gasteiger partial charge in [-0.15, -0.1) is 0 Å². The van der Waals surface area contributed by atoms with Crippen molar-refractivity contribution in [2.45, 2.75) is 309 Å². The number of ether oxygens (including phenoxy) is 3. The number of hydrogen-bond donors (Lipinski definition) is 0. The van der Waals surface area contributed by atoms with Gasteiger partial charge in [-0.25, -0.2) is 0 Å². The number of allylic oxidation sites excluding steroid dienone is 22. The first-order chi connectivity index (χ1) is 40.0. The Balaban J connectivity index is 4.27. The van der Waals surface area contributed by atoms with Crippen molar-refractivity contribution in [2.24, 2.45) is 0 Å². The number of carbonyl (C=O) groups excluding carboxylic acids is 3. The van der Waals surface area contributed by atoms with Gasteiger partial charge in [0.25, 0.3) is 0 Å². The molecule has 0 amide bonds. The lowest BCUT2D eigenvalue weighted by molar-refractivity contribution is -0.167. The van der Waals surface area contributed by atoms with Crippen molar-refractivity contribution in [3.8, 4) is 0 Å². The minimum Gasteiger partial charge on any atom is -0.462 e. The van der Waals surface area contributed by atoms with Crippen LogP contribution in [0.25, 0.3) is 0 Å². The third kappa shape index (κ3) is 66.2. The highest BCUT2D eigenvalue weighted by Crippen LogP contribution is 2.15. The molecule has 1 atom stereocenters. The first kappa shape index (κ1) is 76.5. The number of hydrogen-bond acceptors (Lipinski definition) is 6. The number of esters is 3. The van der Waals surface area contributed by atoms with Crippen LogP contribution in [0.4, 0.5) is 0 Å². The summed E-state index contributed by atoms with van der Waals surface area (Å²) in [5.41, 5.74) is 0.